The Morgan fingerprint density at radius 3 is 2.41 bits per heavy atom. The van der Waals surface area contributed by atoms with Crippen LogP contribution in [-0.2, 0) is 0 Å². The van der Waals surface area contributed by atoms with Crippen molar-refractivity contribution < 1.29 is 19.2 Å². The molecule has 0 fully saturated rings. The first-order chi connectivity index (χ1) is 8.11. The monoisotopic (exact) mass is 232 g/mol. The summed E-state index contributed by atoms with van der Waals surface area (Å²) in [5, 5.41) is 12.2. The average molecular weight is 232 g/mol. The van der Waals surface area contributed by atoms with E-state index in [0.717, 1.165) is 0 Å². The summed E-state index contributed by atoms with van der Waals surface area (Å²) in [6.07, 6.45) is 0. The molecule has 0 atom stereocenters. The molecule has 1 aromatic carbocycles. The van der Waals surface area contributed by atoms with Crippen LogP contribution in [0.4, 0.5) is 0 Å². The summed E-state index contributed by atoms with van der Waals surface area (Å²) in [5.41, 5.74) is 4.98. The van der Waals surface area contributed by atoms with Crippen LogP contribution in [0.25, 0.3) is 11.3 Å². The van der Waals surface area contributed by atoms with Gasteiger partial charge in [0.2, 0.25) is 5.69 Å². The van der Waals surface area contributed by atoms with Crippen LogP contribution in [0, 0.1) is 0 Å². The minimum absolute atomic E-state index is 0.0653. The Kier molecular flexibility index (Phi) is 2.61. The van der Waals surface area contributed by atoms with Crippen LogP contribution in [0.15, 0.2) is 34.9 Å². The molecule has 0 spiro atoms. The van der Waals surface area contributed by atoms with E-state index in [9.17, 15) is 9.59 Å². The Morgan fingerprint density at radius 2 is 1.88 bits per heavy atom. The fourth-order valence-corrected chi connectivity index (χ4v) is 1.45. The molecule has 6 heteroatoms. The molecule has 86 valence electrons. The maximum atomic E-state index is 11.2. The van der Waals surface area contributed by atoms with Gasteiger partial charge in [-0.1, -0.05) is 35.5 Å². The van der Waals surface area contributed by atoms with Gasteiger partial charge >= 0.3 is 5.97 Å². The van der Waals surface area contributed by atoms with Crippen molar-refractivity contribution in [2.24, 2.45) is 5.73 Å². The van der Waals surface area contributed by atoms with Crippen LogP contribution in [0.5, 0.6) is 0 Å². The lowest BCUT2D eigenvalue weighted by molar-refractivity contribution is 0.0681. The van der Waals surface area contributed by atoms with Crippen LogP contribution in [-0.4, -0.2) is 22.1 Å². The lowest BCUT2D eigenvalue weighted by Gasteiger charge is -1.97. The second-order valence-electron chi connectivity index (χ2n) is 3.27. The molecular formula is C11H8N2O4. The molecule has 2 rings (SSSR count). The normalized spacial score (nSPS) is 10.1. The Labute approximate surface area is 95.6 Å². The molecule has 0 bridgehead atoms. The highest BCUT2D eigenvalue weighted by molar-refractivity contribution is 6.06. The molecule has 3 N–H and O–H groups in total. The van der Waals surface area contributed by atoms with Crippen molar-refractivity contribution in [3.63, 3.8) is 0 Å². The number of benzene rings is 1. The minimum atomic E-state index is -1.36. The van der Waals surface area contributed by atoms with Crippen molar-refractivity contribution in [3.05, 3.63) is 41.6 Å². The van der Waals surface area contributed by atoms with Gasteiger partial charge in [-0.2, -0.15) is 0 Å². The van der Waals surface area contributed by atoms with Crippen LogP contribution >= 0.6 is 0 Å². The molecular weight excluding hydrogens is 224 g/mol. The third-order valence-electron chi connectivity index (χ3n) is 2.18. The van der Waals surface area contributed by atoms with Gasteiger partial charge in [-0.15, -0.1) is 0 Å². The van der Waals surface area contributed by atoms with Gasteiger partial charge in [0.05, 0.1) is 0 Å². The Bertz CT molecular complexity index is 574. The number of amides is 1. The number of carboxylic acids is 1. The number of aromatic carboxylic acids is 1. The summed E-state index contributed by atoms with van der Waals surface area (Å²) in [6, 6.07) is 8.56. The third-order valence-corrected chi connectivity index (χ3v) is 2.18. The molecule has 0 aliphatic carbocycles. The van der Waals surface area contributed by atoms with Crippen molar-refractivity contribution >= 4 is 11.9 Å². The predicted molar refractivity (Wildman–Crippen MR) is 57.4 cm³/mol. The summed E-state index contributed by atoms with van der Waals surface area (Å²) in [6.45, 7) is 0. The fourth-order valence-electron chi connectivity index (χ4n) is 1.45. The van der Waals surface area contributed by atoms with Crippen LogP contribution in [0.1, 0.15) is 20.8 Å². The summed E-state index contributed by atoms with van der Waals surface area (Å²) >= 11 is 0. The van der Waals surface area contributed by atoms with Crippen LogP contribution < -0.4 is 5.73 Å². The summed E-state index contributed by atoms with van der Waals surface area (Å²) in [4.78, 5) is 22.1. The highest BCUT2D eigenvalue weighted by Crippen LogP contribution is 2.25. The zero-order chi connectivity index (χ0) is 12.4. The lowest BCUT2D eigenvalue weighted by Crippen LogP contribution is -2.15. The predicted octanol–water partition coefficient (Wildman–Crippen LogP) is 1.14. The molecule has 1 heterocycles. The topological polar surface area (TPSA) is 106 Å². The van der Waals surface area contributed by atoms with Crippen molar-refractivity contribution in [2.75, 3.05) is 0 Å². The largest absolute Gasteiger partial charge is 0.476 e. The van der Waals surface area contributed by atoms with E-state index in [1.54, 1.807) is 30.3 Å². The molecule has 6 nitrogen and oxygen atoms in total. The molecule has 0 radical (unpaired) electrons. The molecule has 0 aliphatic rings. The van der Waals surface area contributed by atoms with Crippen molar-refractivity contribution in [2.45, 2.75) is 0 Å². The van der Waals surface area contributed by atoms with E-state index in [0.29, 0.717) is 5.56 Å². The highest BCUT2D eigenvalue weighted by Gasteiger charge is 2.26. The smallest absolute Gasteiger partial charge is 0.358 e. The zero-order valence-electron chi connectivity index (χ0n) is 8.58. The average Bonchev–Trinajstić information content (AvgIpc) is 2.74. The Balaban J connectivity index is 2.64. The van der Waals surface area contributed by atoms with Gasteiger partial charge in [-0.3, -0.25) is 4.79 Å². The van der Waals surface area contributed by atoms with Gasteiger partial charge in [0.15, 0.2) is 5.76 Å². The van der Waals surface area contributed by atoms with Gasteiger partial charge in [0, 0.05) is 5.56 Å². The first kappa shape index (κ1) is 10.9. The SMILES string of the molecule is NC(=O)c1c(C(=O)O)noc1-c1ccccc1. The number of carboxylic acid groups (broad SMARTS) is 1. The Morgan fingerprint density at radius 1 is 1.24 bits per heavy atom. The van der Waals surface area contributed by atoms with E-state index in [-0.39, 0.29) is 11.3 Å². The second-order valence-corrected chi connectivity index (χ2v) is 3.27. The third kappa shape index (κ3) is 1.87. The van der Waals surface area contributed by atoms with E-state index in [2.05, 4.69) is 5.16 Å². The molecule has 0 saturated carbocycles. The summed E-state index contributed by atoms with van der Waals surface area (Å²) < 4.78 is 4.87. The van der Waals surface area contributed by atoms with Gasteiger partial charge < -0.3 is 15.4 Å². The van der Waals surface area contributed by atoms with E-state index in [4.69, 9.17) is 15.4 Å². The number of rotatable bonds is 3. The Hall–Kier alpha value is -2.63. The highest BCUT2D eigenvalue weighted by atomic mass is 16.5. The number of aromatic nitrogens is 1. The number of hydrogen-bond acceptors (Lipinski definition) is 4. The summed E-state index contributed by atoms with van der Waals surface area (Å²) in [7, 11) is 0. The first-order valence-electron chi connectivity index (χ1n) is 4.69. The number of primary amides is 1. The molecule has 0 unspecified atom stereocenters. The molecule has 1 aromatic heterocycles. The number of carbonyl (C=O) groups is 2. The van der Waals surface area contributed by atoms with Crippen molar-refractivity contribution in [1.29, 1.82) is 0 Å². The van der Waals surface area contributed by atoms with Crippen LogP contribution in [0.2, 0.25) is 0 Å². The minimum Gasteiger partial charge on any atom is -0.476 e. The number of nitrogens with two attached hydrogens (primary N) is 1. The van der Waals surface area contributed by atoms with Crippen molar-refractivity contribution in [1.82, 2.24) is 5.16 Å². The van der Waals surface area contributed by atoms with Crippen molar-refractivity contribution in [3.8, 4) is 11.3 Å². The van der Waals surface area contributed by atoms with Gasteiger partial charge in [0.1, 0.15) is 5.56 Å². The van der Waals surface area contributed by atoms with E-state index >= 15 is 0 Å². The second kappa shape index (κ2) is 4.09. The number of carbonyl (C=O) groups excluding carboxylic acids is 1. The molecule has 0 aliphatic heterocycles. The first-order valence-corrected chi connectivity index (χ1v) is 4.69. The van der Waals surface area contributed by atoms with Crippen LogP contribution in [0.3, 0.4) is 0 Å². The van der Waals surface area contributed by atoms with E-state index in [1.807, 2.05) is 0 Å². The maximum Gasteiger partial charge on any atom is 0.358 e. The molecule has 2 aromatic rings. The fraction of sp³-hybridized carbons (Fsp3) is 0. The zero-order valence-corrected chi connectivity index (χ0v) is 8.58. The van der Waals surface area contributed by atoms with Gasteiger partial charge in [-0.25, -0.2) is 4.79 Å². The standard InChI is InChI=1S/C11H8N2O4/c12-10(14)7-8(11(15)16)13-17-9(7)6-4-2-1-3-5-6/h1-5H,(H2,12,14)(H,15,16). The molecule has 0 saturated heterocycles. The lowest BCUT2D eigenvalue weighted by atomic mass is 10.1. The summed E-state index contributed by atoms with van der Waals surface area (Å²) in [5.74, 6) is -2.18. The quantitative estimate of drug-likeness (QED) is 0.825. The number of hydrogen-bond donors (Lipinski definition) is 2. The maximum absolute atomic E-state index is 11.2. The number of nitrogens with zero attached hydrogens (tertiary/aromatic N) is 1. The van der Waals surface area contributed by atoms with E-state index < -0.39 is 17.6 Å². The van der Waals surface area contributed by atoms with Gasteiger partial charge in [-0.05, 0) is 0 Å². The van der Waals surface area contributed by atoms with E-state index in [1.165, 1.54) is 0 Å². The van der Waals surface area contributed by atoms with Gasteiger partial charge in [0.25, 0.3) is 5.91 Å². The molecule has 1 amide bonds. The molecule has 17 heavy (non-hydrogen) atoms.